The molecule has 0 fully saturated rings. The Balaban J connectivity index is 1.91. The fourth-order valence-electron chi connectivity index (χ4n) is 2.12. The third-order valence-corrected chi connectivity index (χ3v) is 5.00. The maximum absolute atomic E-state index is 12.0. The molecule has 0 bridgehead atoms. The lowest BCUT2D eigenvalue weighted by molar-refractivity contribution is 0.581. The van der Waals surface area contributed by atoms with Gasteiger partial charge < -0.3 is 0 Å². The molecule has 0 unspecified atom stereocenters. The van der Waals surface area contributed by atoms with Crippen molar-refractivity contribution in [2.24, 2.45) is 0 Å². The van der Waals surface area contributed by atoms with Crippen molar-refractivity contribution in [1.82, 2.24) is 4.72 Å². The highest BCUT2D eigenvalue weighted by Crippen LogP contribution is 2.17. The third kappa shape index (κ3) is 5.09. The molecular formula is C14H18BrNO2S. The minimum absolute atomic E-state index is 0.0353. The van der Waals surface area contributed by atoms with Crippen molar-refractivity contribution in [3.05, 3.63) is 46.0 Å². The quantitative estimate of drug-likeness (QED) is 0.833. The van der Waals surface area contributed by atoms with Crippen LogP contribution in [0.5, 0.6) is 0 Å². The molecule has 19 heavy (non-hydrogen) atoms. The summed E-state index contributed by atoms with van der Waals surface area (Å²) in [4.78, 5) is 0. The molecule has 1 N–H and O–H groups in total. The Morgan fingerprint density at radius 3 is 2.53 bits per heavy atom. The van der Waals surface area contributed by atoms with Crippen LogP contribution in [0.4, 0.5) is 0 Å². The van der Waals surface area contributed by atoms with E-state index in [9.17, 15) is 8.42 Å². The molecule has 0 amide bonds. The van der Waals surface area contributed by atoms with Gasteiger partial charge >= 0.3 is 0 Å². The zero-order valence-electron chi connectivity index (χ0n) is 10.7. The molecule has 5 heteroatoms. The summed E-state index contributed by atoms with van der Waals surface area (Å²) < 4.78 is 27.6. The van der Waals surface area contributed by atoms with Crippen LogP contribution in [0.15, 0.2) is 40.4 Å². The van der Waals surface area contributed by atoms with Crippen LogP contribution in [0.3, 0.4) is 0 Å². The van der Waals surface area contributed by atoms with Crippen LogP contribution in [0.25, 0.3) is 0 Å². The maximum atomic E-state index is 12.0. The topological polar surface area (TPSA) is 46.2 Å². The van der Waals surface area contributed by atoms with Crippen molar-refractivity contribution >= 4 is 26.0 Å². The second-order valence-electron chi connectivity index (χ2n) is 4.81. The fourth-order valence-corrected chi connectivity index (χ4v) is 3.52. The first-order valence-corrected chi connectivity index (χ1v) is 8.89. The number of nitrogens with one attached hydrogen (secondary N) is 1. The summed E-state index contributed by atoms with van der Waals surface area (Å²) in [6, 6.07) is 7.36. The number of sulfonamides is 1. The Bertz CT molecular complexity index is 549. The maximum Gasteiger partial charge on any atom is 0.216 e. The van der Waals surface area contributed by atoms with E-state index in [-0.39, 0.29) is 5.75 Å². The Kier molecular flexibility index (Phi) is 5.19. The van der Waals surface area contributed by atoms with Crippen molar-refractivity contribution in [2.75, 3.05) is 6.54 Å². The molecule has 1 aromatic rings. The normalized spacial score (nSPS) is 16.2. The van der Waals surface area contributed by atoms with Crippen LogP contribution in [0, 0.1) is 0 Å². The van der Waals surface area contributed by atoms with Crippen LogP contribution >= 0.6 is 15.9 Å². The average molecular weight is 344 g/mol. The minimum Gasteiger partial charge on any atom is -0.212 e. The number of allylic oxidation sites excluding steroid dienone is 1. The van der Waals surface area contributed by atoms with Crippen molar-refractivity contribution in [3.63, 3.8) is 0 Å². The van der Waals surface area contributed by atoms with Crippen LogP contribution in [-0.2, 0) is 15.8 Å². The predicted molar refractivity (Wildman–Crippen MR) is 81.3 cm³/mol. The Morgan fingerprint density at radius 1 is 1.16 bits per heavy atom. The summed E-state index contributed by atoms with van der Waals surface area (Å²) in [7, 11) is -3.25. The van der Waals surface area contributed by atoms with E-state index in [2.05, 4.69) is 26.7 Å². The predicted octanol–water partition coefficient (Wildman–Crippen LogP) is 3.37. The van der Waals surface area contributed by atoms with E-state index < -0.39 is 10.0 Å². The lowest BCUT2D eigenvalue weighted by Crippen LogP contribution is -2.27. The molecule has 1 aliphatic carbocycles. The van der Waals surface area contributed by atoms with E-state index in [1.807, 2.05) is 24.3 Å². The van der Waals surface area contributed by atoms with Gasteiger partial charge in [0.1, 0.15) is 0 Å². The van der Waals surface area contributed by atoms with Gasteiger partial charge in [0, 0.05) is 11.0 Å². The Hall–Kier alpha value is -0.650. The molecular weight excluding hydrogens is 326 g/mol. The lowest BCUT2D eigenvalue weighted by atomic mass is 10.0. The monoisotopic (exact) mass is 343 g/mol. The zero-order chi connectivity index (χ0) is 13.7. The first kappa shape index (κ1) is 14.8. The van der Waals surface area contributed by atoms with Gasteiger partial charge in [-0.25, -0.2) is 13.1 Å². The SMILES string of the molecule is O=S(=O)(Cc1ccc(Br)cc1)NCC1=CCCCC1. The number of rotatable bonds is 5. The van der Waals surface area contributed by atoms with Gasteiger partial charge in [-0.1, -0.05) is 39.7 Å². The summed E-state index contributed by atoms with van der Waals surface area (Å²) in [6.07, 6.45) is 6.63. The number of halogens is 1. The first-order chi connectivity index (χ1) is 9.05. The first-order valence-electron chi connectivity index (χ1n) is 6.45. The van der Waals surface area contributed by atoms with E-state index in [4.69, 9.17) is 0 Å². The van der Waals surface area contributed by atoms with Crippen LogP contribution in [0.1, 0.15) is 31.2 Å². The van der Waals surface area contributed by atoms with Gasteiger partial charge in [-0.3, -0.25) is 0 Å². The van der Waals surface area contributed by atoms with E-state index in [0.717, 1.165) is 22.9 Å². The molecule has 0 saturated carbocycles. The van der Waals surface area contributed by atoms with E-state index in [1.165, 1.54) is 18.4 Å². The number of hydrogen-bond acceptors (Lipinski definition) is 2. The van der Waals surface area contributed by atoms with Gasteiger partial charge in [0.2, 0.25) is 10.0 Å². The van der Waals surface area contributed by atoms with Crippen LogP contribution in [-0.4, -0.2) is 15.0 Å². The van der Waals surface area contributed by atoms with E-state index in [0.29, 0.717) is 6.54 Å². The molecule has 1 aromatic carbocycles. The molecule has 2 rings (SSSR count). The zero-order valence-corrected chi connectivity index (χ0v) is 13.1. The van der Waals surface area contributed by atoms with E-state index in [1.54, 1.807) is 0 Å². The summed E-state index contributed by atoms with van der Waals surface area (Å²) in [5, 5.41) is 0. The standard InChI is InChI=1S/C14H18BrNO2S/c15-14-8-6-13(7-9-14)11-19(17,18)16-10-12-4-2-1-3-5-12/h4,6-9,16H,1-3,5,10-11H2. The van der Waals surface area contributed by atoms with Crippen LogP contribution < -0.4 is 4.72 Å². The molecule has 0 spiro atoms. The van der Waals surface area contributed by atoms with Crippen molar-refractivity contribution in [2.45, 2.75) is 31.4 Å². The molecule has 0 radical (unpaired) electrons. The summed E-state index contributed by atoms with van der Waals surface area (Å²) in [5.74, 6) is 0.0353. The number of hydrogen-bond donors (Lipinski definition) is 1. The molecule has 0 heterocycles. The molecule has 0 aromatic heterocycles. The highest BCUT2D eigenvalue weighted by molar-refractivity contribution is 9.10. The smallest absolute Gasteiger partial charge is 0.212 e. The lowest BCUT2D eigenvalue weighted by Gasteiger charge is -2.13. The Morgan fingerprint density at radius 2 is 1.89 bits per heavy atom. The highest BCUT2D eigenvalue weighted by atomic mass is 79.9. The van der Waals surface area contributed by atoms with Crippen molar-refractivity contribution < 1.29 is 8.42 Å². The van der Waals surface area contributed by atoms with Gasteiger partial charge in [-0.05, 0) is 43.4 Å². The fraction of sp³-hybridized carbons (Fsp3) is 0.429. The van der Waals surface area contributed by atoms with Crippen molar-refractivity contribution in [3.8, 4) is 0 Å². The molecule has 104 valence electrons. The highest BCUT2D eigenvalue weighted by Gasteiger charge is 2.12. The van der Waals surface area contributed by atoms with Gasteiger partial charge in [0.05, 0.1) is 5.75 Å². The summed E-state index contributed by atoms with van der Waals surface area (Å²) in [6.45, 7) is 0.457. The molecule has 1 aliphatic rings. The van der Waals surface area contributed by atoms with Gasteiger partial charge in [-0.2, -0.15) is 0 Å². The average Bonchev–Trinajstić information content (AvgIpc) is 2.40. The molecule has 0 saturated heterocycles. The number of benzene rings is 1. The van der Waals surface area contributed by atoms with Gasteiger partial charge in [0.15, 0.2) is 0 Å². The molecule has 0 atom stereocenters. The largest absolute Gasteiger partial charge is 0.216 e. The molecule has 0 aliphatic heterocycles. The second kappa shape index (κ2) is 6.68. The third-order valence-electron chi connectivity index (χ3n) is 3.17. The van der Waals surface area contributed by atoms with E-state index >= 15 is 0 Å². The summed E-state index contributed by atoms with van der Waals surface area (Å²) in [5.41, 5.74) is 2.01. The van der Waals surface area contributed by atoms with Crippen LogP contribution in [0.2, 0.25) is 0 Å². The van der Waals surface area contributed by atoms with Gasteiger partial charge in [0.25, 0.3) is 0 Å². The van der Waals surface area contributed by atoms with Crippen molar-refractivity contribution in [1.29, 1.82) is 0 Å². The Labute approximate surface area is 123 Å². The molecule has 3 nitrogen and oxygen atoms in total. The summed E-state index contributed by atoms with van der Waals surface area (Å²) >= 11 is 3.34. The van der Waals surface area contributed by atoms with Gasteiger partial charge in [-0.15, -0.1) is 0 Å². The second-order valence-corrected chi connectivity index (χ2v) is 7.54. The minimum atomic E-state index is -3.25.